The lowest BCUT2D eigenvalue weighted by atomic mass is 10.2. The van der Waals surface area contributed by atoms with Crippen LogP contribution in [0.5, 0.6) is 0 Å². The van der Waals surface area contributed by atoms with Crippen molar-refractivity contribution in [2.45, 2.75) is 25.7 Å². The Bertz CT molecular complexity index is 234. The molecule has 0 nitrogen and oxygen atoms in total. The molecule has 0 fully saturated rings. The molecule has 0 heterocycles. The van der Waals surface area contributed by atoms with Gasteiger partial charge in [0.15, 0.2) is 0 Å². The van der Waals surface area contributed by atoms with Crippen LogP contribution in [0.15, 0.2) is 54.7 Å². The topological polar surface area (TPSA) is 0 Å². The molecule has 0 aromatic heterocycles. The van der Waals surface area contributed by atoms with Gasteiger partial charge in [-0.3, -0.25) is 0 Å². The number of hydrogen-bond donors (Lipinski definition) is 0. The van der Waals surface area contributed by atoms with E-state index >= 15 is 0 Å². The Hall–Kier alpha value is -1.30. The Morgan fingerprint density at radius 3 is 2.50 bits per heavy atom. The fourth-order valence-corrected chi connectivity index (χ4v) is 1.17. The average molecular weight is 185 g/mol. The fraction of sp³-hybridized carbons (Fsp3) is 0.286. The lowest BCUT2D eigenvalue weighted by molar-refractivity contribution is 1.04. The summed E-state index contributed by atoms with van der Waals surface area (Å²) in [5.74, 6) is 0. The molecule has 1 rings (SSSR count). The molecule has 0 heteroatoms. The first-order chi connectivity index (χ1) is 7.00. The molecule has 0 unspecified atom stereocenters. The summed E-state index contributed by atoms with van der Waals surface area (Å²) in [6.07, 6.45) is 26.5. The van der Waals surface area contributed by atoms with Crippen molar-refractivity contribution in [2.24, 2.45) is 0 Å². The molecule has 1 aliphatic carbocycles. The second-order valence-electron chi connectivity index (χ2n) is 3.14. The van der Waals surface area contributed by atoms with E-state index in [2.05, 4.69) is 42.5 Å². The van der Waals surface area contributed by atoms with Crippen molar-refractivity contribution in [1.82, 2.24) is 0 Å². The molecule has 0 N–H and O–H groups in total. The Balaban J connectivity index is 2.45. The third kappa shape index (κ3) is 6.24. The predicted octanol–water partition coefficient (Wildman–Crippen LogP) is 4.14. The summed E-state index contributed by atoms with van der Waals surface area (Å²) in [7, 11) is 0. The Morgan fingerprint density at radius 1 is 0.714 bits per heavy atom. The third-order valence-corrected chi connectivity index (χ3v) is 1.91. The first kappa shape index (κ1) is 10.8. The average Bonchev–Trinajstić information content (AvgIpc) is 2.22. The van der Waals surface area contributed by atoms with Crippen molar-refractivity contribution in [1.29, 1.82) is 0 Å². The zero-order valence-electron chi connectivity index (χ0n) is 8.52. The molecule has 0 atom stereocenters. The minimum absolute atomic E-state index is 0.914. The number of hydrogen-bond acceptors (Lipinski definition) is 0. The van der Waals surface area contributed by atoms with Crippen molar-refractivity contribution in [3.63, 3.8) is 0 Å². The molecule has 0 saturated heterocycles. The minimum Gasteiger partial charge on any atom is -0.0879 e. The van der Waals surface area contributed by atoms with Gasteiger partial charge in [0, 0.05) is 0 Å². The molecule has 73 valence electrons. The van der Waals surface area contributed by atoms with Crippen molar-refractivity contribution >= 4 is 0 Å². The second-order valence-corrected chi connectivity index (χ2v) is 3.14. The lowest BCUT2D eigenvalue weighted by Crippen LogP contribution is -1.67. The van der Waals surface area contributed by atoms with Crippen LogP contribution in [0.3, 0.4) is 0 Å². The summed E-state index contributed by atoms with van der Waals surface area (Å²) in [4.78, 5) is 0. The quantitative estimate of drug-likeness (QED) is 0.497. The largest absolute Gasteiger partial charge is 0.0879 e. The van der Waals surface area contributed by atoms with Gasteiger partial charge in [-0.15, -0.1) is 0 Å². The molecule has 0 spiro atoms. The maximum atomic E-state index is 3.19. The van der Waals surface area contributed by atoms with Gasteiger partial charge in [-0.1, -0.05) is 54.7 Å². The molecule has 0 saturated carbocycles. The van der Waals surface area contributed by atoms with Crippen LogP contribution in [0.25, 0.3) is 0 Å². The third-order valence-electron chi connectivity index (χ3n) is 1.91. The Labute approximate surface area is 87.0 Å². The molecule has 0 bridgehead atoms. The zero-order chi connectivity index (χ0) is 9.90. The normalized spacial score (nSPS) is 29.7. The van der Waals surface area contributed by atoms with Gasteiger partial charge in [0.2, 0.25) is 0 Å². The van der Waals surface area contributed by atoms with E-state index in [4.69, 9.17) is 0 Å². The van der Waals surface area contributed by atoms with Crippen LogP contribution in [0.2, 0.25) is 0 Å². The van der Waals surface area contributed by atoms with E-state index < -0.39 is 0 Å². The minimum atomic E-state index is 0.914. The standard InChI is InChI=1S/C14H17/c1-2-4-6-8-10-12-14-13-11-9-7-5-3-1/h1-5,8,10-11,13H,6,9,12,14H2/b3-1-,4-2+,7-5?,10-8+,13-11+. The summed E-state index contributed by atoms with van der Waals surface area (Å²) in [6, 6.07) is 0. The van der Waals surface area contributed by atoms with Gasteiger partial charge in [0.1, 0.15) is 0 Å². The van der Waals surface area contributed by atoms with E-state index in [-0.39, 0.29) is 0 Å². The van der Waals surface area contributed by atoms with Gasteiger partial charge in [0.25, 0.3) is 0 Å². The lowest BCUT2D eigenvalue weighted by Gasteiger charge is -1.87. The van der Waals surface area contributed by atoms with Crippen LogP contribution in [0, 0.1) is 6.08 Å². The summed E-state index contributed by atoms with van der Waals surface area (Å²) >= 11 is 0. The smallest absolute Gasteiger partial charge is 0.00946 e. The van der Waals surface area contributed by atoms with E-state index in [1.807, 2.05) is 18.2 Å². The predicted molar refractivity (Wildman–Crippen MR) is 62.8 cm³/mol. The maximum absolute atomic E-state index is 3.19. The number of rotatable bonds is 0. The van der Waals surface area contributed by atoms with Crippen molar-refractivity contribution < 1.29 is 0 Å². The van der Waals surface area contributed by atoms with E-state index in [9.17, 15) is 0 Å². The van der Waals surface area contributed by atoms with Gasteiger partial charge < -0.3 is 0 Å². The molecule has 0 aromatic carbocycles. The van der Waals surface area contributed by atoms with Gasteiger partial charge in [-0.05, 0) is 31.8 Å². The first-order valence-corrected chi connectivity index (χ1v) is 5.18. The highest BCUT2D eigenvalue weighted by atomic mass is 13.8. The highest BCUT2D eigenvalue weighted by Crippen LogP contribution is 1.97. The summed E-state index contributed by atoms with van der Waals surface area (Å²) in [5.41, 5.74) is 0. The van der Waals surface area contributed by atoms with Gasteiger partial charge in [0.05, 0.1) is 0 Å². The van der Waals surface area contributed by atoms with Gasteiger partial charge >= 0.3 is 0 Å². The molecule has 0 aromatic rings. The van der Waals surface area contributed by atoms with Crippen molar-refractivity contribution in [3.05, 3.63) is 60.8 Å². The zero-order valence-corrected chi connectivity index (χ0v) is 8.52. The summed E-state index contributed by atoms with van der Waals surface area (Å²) in [5, 5.41) is 0. The van der Waals surface area contributed by atoms with E-state index in [1.54, 1.807) is 0 Å². The van der Waals surface area contributed by atoms with Gasteiger partial charge in [-0.25, -0.2) is 0 Å². The fourth-order valence-electron chi connectivity index (χ4n) is 1.17. The molecule has 14 heavy (non-hydrogen) atoms. The van der Waals surface area contributed by atoms with Crippen LogP contribution >= 0.6 is 0 Å². The monoisotopic (exact) mass is 185 g/mol. The van der Waals surface area contributed by atoms with E-state index in [1.165, 1.54) is 0 Å². The Kier molecular flexibility index (Phi) is 6.39. The SMILES string of the molecule is [C]1=C/C=C\C=C\C/C=C/CC/C=C/C/1. The van der Waals surface area contributed by atoms with Crippen LogP contribution in [-0.2, 0) is 0 Å². The second kappa shape index (κ2) is 8.31. The first-order valence-electron chi connectivity index (χ1n) is 5.18. The molecule has 0 aliphatic heterocycles. The molecule has 0 amide bonds. The van der Waals surface area contributed by atoms with E-state index in [0.717, 1.165) is 25.7 Å². The summed E-state index contributed by atoms with van der Waals surface area (Å²) in [6.45, 7) is 0. The molecular formula is C14H17. The maximum Gasteiger partial charge on any atom is -0.00946 e. The van der Waals surface area contributed by atoms with Crippen LogP contribution in [0.1, 0.15) is 25.7 Å². The summed E-state index contributed by atoms with van der Waals surface area (Å²) < 4.78 is 0. The van der Waals surface area contributed by atoms with Crippen LogP contribution in [0.4, 0.5) is 0 Å². The van der Waals surface area contributed by atoms with Gasteiger partial charge in [-0.2, -0.15) is 0 Å². The van der Waals surface area contributed by atoms with Crippen molar-refractivity contribution in [3.8, 4) is 0 Å². The van der Waals surface area contributed by atoms with Crippen LogP contribution < -0.4 is 0 Å². The molecular weight excluding hydrogens is 168 g/mol. The highest BCUT2D eigenvalue weighted by Gasteiger charge is 1.77. The number of allylic oxidation sites excluding steroid dienone is 10. The highest BCUT2D eigenvalue weighted by molar-refractivity contribution is 5.11. The van der Waals surface area contributed by atoms with Crippen molar-refractivity contribution in [2.75, 3.05) is 0 Å². The molecule has 1 aliphatic rings. The van der Waals surface area contributed by atoms with Crippen LogP contribution in [-0.4, -0.2) is 0 Å². The van der Waals surface area contributed by atoms with E-state index in [0.29, 0.717) is 0 Å². The molecule has 1 radical (unpaired) electrons. The Morgan fingerprint density at radius 2 is 1.57 bits per heavy atom.